The number of likely N-dealkylation sites (tertiary alicyclic amines) is 1. The van der Waals surface area contributed by atoms with Crippen LogP contribution < -0.4 is 5.32 Å². The Bertz CT molecular complexity index is 498. The van der Waals surface area contributed by atoms with E-state index in [-0.39, 0.29) is 24.0 Å². The number of halogens is 1. The van der Waals surface area contributed by atoms with Crippen LogP contribution in [0.25, 0.3) is 0 Å². The Kier molecular flexibility index (Phi) is 5.83. The summed E-state index contributed by atoms with van der Waals surface area (Å²) < 4.78 is 2.24. The SMILES string of the molecule is CN=C(NCc1nnc2n1CCC2)N1CCCC(C)C1.I. The Morgan fingerprint density at radius 3 is 2.95 bits per heavy atom. The molecule has 1 N–H and O–H groups in total. The van der Waals surface area contributed by atoms with E-state index in [0.29, 0.717) is 6.54 Å². The van der Waals surface area contributed by atoms with E-state index in [1.807, 2.05) is 7.05 Å². The molecule has 0 saturated carbocycles. The minimum absolute atomic E-state index is 0. The van der Waals surface area contributed by atoms with E-state index in [0.717, 1.165) is 49.6 Å². The predicted octanol–water partition coefficient (Wildman–Crippen LogP) is 1.65. The highest BCUT2D eigenvalue weighted by molar-refractivity contribution is 14.0. The van der Waals surface area contributed by atoms with Crippen LogP contribution in [-0.2, 0) is 19.5 Å². The molecule has 2 aliphatic rings. The highest BCUT2D eigenvalue weighted by atomic mass is 127. The first-order chi connectivity index (χ1) is 9.78. The number of aryl methyl sites for hydroxylation is 1. The van der Waals surface area contributed by atoms with Crippen molar-refractivity contribution in [2.24, 2.45) is 10.9 Å². The standard InChI is InChI=1S/C14H24N6.HI/c1-11-5-3-7-19(10-11)14(15-2)16-9-13-18-17-12-6-4-8-20(12)13;/h11H,3-10H2,1-2H3,(H,15,16);1H. The first-order valence-corrected chi connectivity index (χ1v) is 7.64. The van der Waals surface area contributed by atoms with E-state index in [1.54, 1.807) is 0 Å². The number of hydrogen-bond acceptors (Lipinski definition) is 3. The van der Waals surface area contributed by atoms with Crippen LogP contribution in [0.4, 0.5) is 0 Å². The molecule has 0 amide bonds. The van der Waals surface area contributed by atoms with Gasteiger partial charge in [-0.15, -0.1) is 34.2 Å². The molecule has 3 rings (SSSR count). The van der Waals surface area contributed by atoms with Crippen molar-refractivity contribution in [2.45, 2.75) is 45.7 Å². The highest BCUT2D eigenvalue weighted by Crippen LogP contribution is 2.16. The van der Waals surface area contributed by atoms with Crippen molar-refractivity contribution in [3.05, 3.63) is 11.6 Å². The zero-order valence-corrected chi connectivity index (χ0v) is 15.2. The van der Waals surface area contributed by atoms with Crippen molar-refractivity contribution in [1.29, 1.82) is 0 Å². The number of nitrogens with one attached hydrogen (secondary N) is 1. The molecule has 6 nitrogen and oxygen atoms in total. The molecule has 1 fully saturated rings. The van der Waals surface area contributed by atoms with Gasteiger partial charge in [0.2, 0.25) is 0 Å². The fourth-order valence-corrected chi connectivity index (χ4v) is 3.21. The van der Waals surface area contributed by atoms with E-state index in [2.05, 4.69) is 36.9 Å². The molecule has 1 saturated heterocycles. The summed E-state index contributed by atoms with van der Waals surface area (Å²) in [5.41, 5.74) is 0. The molecule has 21 heavy (non-hydrogen) atoms. The molecule has 0 aromatic carbocycles. The molecule has 0 radical (unpaired) electrons. The first-order valence-electron chi connectivity index (χ1n) is 7.64. The van der Waals surface area contributed by atoms with Crippen molar-refractivity contribution < 1.29 is 0 Å². The lowest BCUT2D eigenvalue weighted by atomic mass is 10.0. The number of aliphatic imine (C=N–C) groups is 1. The number of nitrogens with zero attached hydrogens (tertiary/aromatic N) is 5. The average molecular weight is 404 g/mol. The molecule has 1 aromatic heterocycles. The van der Waals surface area contributed by atoms with Crippen LogP contribution in [0.5, 0.6) is 0 Å². The lowest BCUT2D eigenvalue weighted by Gasteiger charge is -2.33. The van der Waals surface area contributed by atoms with E-state index in [1.165, 1.54) is 19.3 Å². The number of rotatable bonds is 2. The third-order valence-corrected chi connectivity index (χ3v) is 4.26. The van der Waals surface area contributed by atoms with Crippen LogP contribution >= 0.6 is 24.0 Å². The molecule has 3 heterocycles. The predicted molar refractivity (Wildman–Crippen MR) is 93.9 cm³/mol. The lowest BCUT2D eigenvalue weighted by Crippen LogP contribution is -2.46. The molecule has 0 bridgehead atoms. The summed E-state index contributed by atoms with van der Waals surface area (Å²) in [5.74, 6) is 3.90. The van der Waals surface area contributed by atoms with Gasteiger partial charge in [-0.2, -0.15) is 0 Å². The number of piperidine rings is 1. The molecular formula is C14H25IN6. The second-order valence-electron chi connectivity index (χ2n) is 5.88. The second-order valence-corrected chi connectivity index (χ2v) is 5.88. The molecule has 2 aliphatic heterocycles. The Morgan fingerprint density at radius 2 is 2.19 bits per heavy atom. The van der Waals surface area contributed by atoms with Gasteiger partial charge < -0.3 is 14.8 Å². The van der Waals surface area contributed by atoms with E-state index < -0.39 is 0 Å². The van der Waals surface area contributed by atoms with Gasteiger partial charge in [0, 0.05) is 33.1 Å². The number of aromatic nitrogens is 3. The summed E-state index contributed by atoms with van der Waals surface area (Å²) >= 11 is 0. The summed E-state index contributed by atoms with van der Waals surface area (Å²) in [7, 11) is 1.86. The van der Waals surface area contributed by atoms with Gasteiger partial charge in [0.05, 0.1) is 6.54 Å². The van der Waals surface area contributed by atoms with Crippen LogP contribution in [0, 0.1) is 5.92 Å². The van der Waals surface area contributed by atoms with Crippen molar-refractivity contribution in [1.82, 2.24) is 25.0 Å². The minimum atomic E-state index is 0. The number of hydrogen-bond donors (Lipinski definition) is 1. The normalized spacial score (nSPS) is 21.9. The summed E-state index contributed by atoms with van der Waals surface area (Å²) in [4.78, 5) is 6.77. The Labute approximate surface area is 143 Å². The van der Waals surface area contributed by atoms with Crippen LogP contribution in [0.15, 0.2) is 4.99 Å². The van der Waals surface area contributed by atoms with Gasteiger partial charge in [-0.3, -0.25) is 4.99 Å². The Morgan fingerprint density at radius 1 is 1.33 bits per heavy atom. The van der Waals surface area contributed by atoms with Gasteiger partial charge >= 0.3 is 0 Å². The molecule has 1 aromatic rings. The highest BCUT2D eigenvalue weighted by Gasteiger charge is 2.21. The molecule has 1 atom stereocenters. The summed E-state index contributed by atoms with van der Waals surface area (Å²) in [6, 6.07) is 0. The van der Waals surface area contributed by atoms with Gasteiger partial charge in [0.15, 0.2) is 11.8 Å². The van der Waals surface area contributed by atoms with Crippen LogP contribution in [-0.4, -0.2) is 45.8 Å². The first kappa shape index (κ1) is 16.5. The molecule has 118 valence electrons. The van der Waals surface area contributed by atoms with Crippen molar-refractivity contribution >= 4 is 29.9 Å². The zero-order valence-electron chi connectivity index (χ0n) is 12.9. The Balaban J connectivity index is 0.00000161. The second kappa shape index (κ2) is 7.42. The third-order valence-electron chi connectivity index (χ3n) is 4.26. The molecule has 7 heteroatoms. The van der Waals surface area contributed by atoms with Gasteiger partial charge in [0.25, 0.3) is 0 Å². The number of guanidine groups is 1. The van der Waals surface area contributed by atoms with Gasteiger partial charge in [0.1, 0.15) is 5.82 Å². The monoisotopic (exact) mass is 404 g/mol. The largest absolute Gasteiger partial charge is 0.349 e. The lowest BCUT2D eigenvalue weighted by molar-refractivity contribution is 0.265. The van der Waals surface area contributed by atoms with Gasteiger partial charge in [-0.1, -0.05) is 6.92 Å². The molecule has 0 aliphatic carbocycles. The van der Waals surface area contributed by atoms with Crippen molar-refractivity contribution in [3.8, 4) is 0 Å². The van der Waals surface area contributed by atoms with Gasteiger partial charge in [-0.25, -0.2) is 0 Å². The molecule has 0 spiro atoms. The third kappa shape index (κ3) is 3.67. The van der Waals surface area contributed by atoms with E-state index >= 15 is 0 Å². The van der Waals surface area contributed by atoms with Crippen molar-refractivity contribution in [2.75, 3.05) is 20.1 Å². The maximum atomic E-state index is 4.41. The summed E-state index contributed by atoms with van der Waals surface area (Å²) in [5, 5.41) is 12.0. The quantitative estimate of drug-likeness (QED) is 0.463. The van der Waals surface area contributed by atoms with Crippen LogP contribution in [0.3, 0.4) is 0 Å². The zero-order chi connectivity index (χ0) is 13.9. The average Bonchev–Trinajstić information content (AvgIpc) is 3.04. The fourth-order valence-electron chi connectivity index (χ4n) is 3.21. The maximum absolute atomic E-state index is 4.41. The van der Waals surface area contributed by atoms with Crippen LogP contribution in [0.2, 0.25) is 0 Å². The maximum Gasteiger partial charge on any atom is 0.194 e. The van der Waals surface area contributed by atoms with E-state index in [4.69, 9.17) is 0 Å². The fraction of sp³-hybridized carbons (Fsp3) is 0.786. The number of fused-ring (bicyclic) bond motifs is 1. The van der Waals surface area contributed by atoms with Crippen LogP contribution in [0.1, 0.15) is 37.8 Å². The summed E-state index contributed by atoms with van der Waals surface area (Å²) in [6.45, 7) is 6.27. The van der Waals surface area contributed by atoms with Gasteiger partial charge in [-0.05, 0) is 25.2 Å². The molecule has 1 unspecified atom stereocenters. The van der Waals surface area contributed by atoms with Crippen molar-refractivity contribution in [3.63, 3.8) is 0 Å². The minimum Gasteiger partial charge on any atom is -0.349 e. The smallest absolute Gasteiger partial charge is 0.194 e. The Hall–Kier alpha value is -0.860. The molecular weight excluding hydrogens is 379 g/mol. The van der Waals surface area contributed by atoms with E-state index in [9.17, 15) is 0 Å². The summed E-state index contributed by atoms with van der Waals surface area (Å²) in [6.07, 6.45) is 4.83. The topological polar surface area (TPSA) is 58.3 Å².